The van der Waals surface area contributed by atoms with Gasteiger partial charge in [-0.05, 0) is 48.4 Å². The number of carboxylic acids is 1. The molecule has 0 fully saturated rings. The lowest BCUT2D eigenvalue weighted by molar-refractivity contribution is -0.141. The highest BCUT2D eigenvalue weighted by Crippen LogP contribution is 2.11. The average Bonchev–Trinajstić information content (AvgIpc) is 2.78. The molecule has 0 unspecified atom stereocenters. The number of benzene rings is 2. The summed E-state index contributed by atoms with van der Waals surface area (Å²) < 4.78 is 12.9. The standard InChI is InChI=1S/C23H24FN3O6/c1-14(26-20(29)11-6-15-2-7-17(24)8-3-15)22(31)25-13-21(30)27-19(23(32)33)12-16-4-9-18(28)10-5-16/h2-11,14,19,28H,12-13H2,1H3,(H,25,31)(H,26,29)(H,27,30)(H,32,33)/b11-6+/t14-,19-/m0/s1. The predicted molar refractivity (Wildman–Crippen MR) is 117 cm³/mol. The molecular weight excluding hydrogens is 433 g/mol. The van der Waals surface area contributed by atoms with E-state index in [-0.39, 0.29) is 12.2 Å². The van der Waals surface area contributed by atoms with Crippen LogP contribution in [0.25, 0.3) is 6.08 Å². The van der Waals surface area contributed by atoms with Crippen molar-refractivity contribution >= 4 is 29.8 Å². The summed E-state index contributed by atoms with van der Waals surface area (Å²) in [5, 5.41) is 25.7. The lowest BCUT2D eigenvalue weighted by Gasteiger charge is -2.16. The molecule has 0 heterocycles. The normalized spacial score (nSPS) is 12.5. The van der Waals surface area contributed by atoms with Gasteiger partial charge in [0, 0.05) is 12.5 Å². The summed E-state index contributed by atoms with van der Waals surface area (Å²) in [5.41, 5.74) is 1.19. The number of phenols is 1. The molecule has 2 rings (SSSR count). The van der Waals surface area contributed by atoms with Crippen LogP contribution in [0.5, 0.6) is 5.75 Å². The SMILES string of the molecule is C[C@H](NC(=O)/C=C/c1ccc(F)cc1)C(=O)NCC(=O)N[C@@H](Cc1ccc(O)cc1)C(=O)O. The molecule has 9 nitrogen and oxygen atoms in total. The Morgan fingerprint density at radius 2 is 1.64 bits per heavy atom. The van der Waals surface area contributed by atoms with Crippen LogP contribution in [-0.2, 0) is 25.6 Å². The van der Waals surface area contributed by atoms with E-state index in [9.17, 15) is 33.8 Å². The molecule has 5 N–H and O–H groups in total. The number of halogens is 1. The second-order valence-electron chi connectivity index (χ2n) is 7.16. The fraction of sp³-hybridized carbons (Fsp3) is 0.217. The highest BCUT2D eigenvalue weighted by molar-refractivity contribution is 5.96. The van der Waals surface area contributed by atoms with Crippen LogP contribution in [0, 0.1) is 5.82 Å². The van der Waals surface area contributed by atoms with Crippen LogP contribution in [-0.4, -0.2) is 52.5 Å². The van der Waals surface area contributed by atoms with Crippen molar-refractivity contribution in [2.45, 2.75) is 25.4 Å². The third-order valence-corrected chi connectivity index (χ3v) is 4.48. The molecule has 0 bridgehead atoms. The lowest BCUT2D eigenvalue weighted by atomic mass is 10.1. The molecule has 3 amide bonds. The number of aliphatic carboxylic acids is 1. The van der Waals surface area contributed by atoms with Crippen LogP contribution in [0.2, 0.25) is 0 Å². The van der Waals surface area contributed by atoms with Crippen molar-refractivity contribution in [3.8, 4) is 5.75 Å². The molecule has 174 valence electrons. The molecule has 2 atom stereocenters. The van der Waals surface area contributed by atoms with E-state index < -0.39 is 48.1 Å². The Morgan fingerprint density at radius 3 is 2.24 bits per heavy atom. The van der Waals surface area contributed by atoms with Gasteiger partial charge in [0.2, 0.25) is 17.7 Å². The molecule has 33 heavy (non-hydrogen) atoms. The lowest BCUT2D eigenvalue weighted by Crippen LogP contribution is -2.50. The molecule has 0 radical (unpaired) electrons. The molecule has 0 saturated carbocycles. The average molecular weight is 457 g/mol. The van der Waals surface area contributed by atoms with Crippen molar-refractivity contribution in [3.63, 3.8) is 0 Å². The number of aromatic hydroxyl groups is 1. The number of hydrogen-bond acceptors (Lipinski definition) is 5. The number of hydrogen-bond donors (Lipinski definition) is 5. The van der Waals surface area contributed by atoms with Gasteiger partial charge >= 0.3 is 5.97 Å². The maximum absolute atomic E-state index is 12.9. The van der Waals surface area contributed by atoms with Crippen LogP contribution < -0.4 is 16.0 Å². The highest BCUT2D eigenvalue weighted by atomic mass is 19.1. The highest BCUT2D eigenvalue weighted by Gasteiger charge is 2.21. The molecule has 0 aliphatic heterocycles. The summed E-state index contributed by atoms with van der Waals surface area (Å²) in [7, 11) is 0. The maximum Gasteiger partial charge on any atom is 0.326 e. The van der Waals surface area contributed by atoms with Crippen molar-refractivity contribution in [2.24, 2.45) is 0 Å². The number of nitrogens with one attached hydrogen (secondary N) is 3. The fourth-order valence-corrected chi connectivity index (χ4v) is 2.71. The van der Waals surface area contributed by atoms with Crippen LogP contribution in [0.15, 0.2) is 54.6 Å². The van der Waals surface area contributed by atoms with Gasteiger partial charge in [-0.1, -0.05) is 24.3 Å². The smallest absolute Gasteiger partial charge is 0.326 e. The van der Waals surface area contributed by atoms with Gasteiger partial charge in [-0.15, -0.1) is 0 Å². The first-order chi connectivity index (χ1) is 15.6. The summed E-state index contributed by atoms with van der Waals surface area (Å²) in [4.78, 5) is 47.6. The zero-order chi connectivity index (χ0) is 24.4. The van der Waals surface area contributed by atoms with E-state index in [0.717, 1.165) is 0 Å². The quantitative estimate of drug-likeness (QED) is 0.336. The summed E-state index contributed by atoms with van der Waals surface area (Å²) in [6.45, 7) is 0.936. The first-order valence-electron chi connectivity index (χ1n) is 9.96. The number of carboxylic acid groups (broad SMARTS) is 1. The second kappa shape index (κ2) is 12.0. The van der Waals surface area contributed by atoms with Crippen molar-refractivity contribution in [2.75, 3.05) is 6.54 Å². The van der Waals surface area contributed by atoms with Gasteiger partial charge in [-0.3, -0.25) is 14.4 Å². The number of phenolic OH excluding ortho intramolecular Hbond substituents is 1. The molecule has 0 aliphatic rings. The van der Waals surface area contributed by atoms with Gasteiger partial charge in [0.15, 0.2) is 0 Å². The minimum atomic E-state index is -1.25. The first kappa shape index (κ1) is 25.1. The zero-order valence-electron chi connectivity index (χ0n) is 17.7. The monoisotopic (exact) mass is 457 g/mol. The number of amides is 3. The Balaban J connectivity index is 1.79. The Morgan fingerprint density at radius 1 is 1.00 bits per heavy atom. The van der Waals surface area contributed by atoms with Gasteiger partial charge in [0.25, 0.3) is 0 Å². The minimum absolute atomic E-state index is 0.0118. The number of carbonyl (C=O) groups is 4. The van der Waals surface area contributed by atoms with E-state index in [1.165, 1.54) is 67.6 Å². The van der Waals surface area contributed by atoms with E-state index in [4.69, 9.17) is 0 Å². The molecular formula is C23H24FN3O6. The van der Waals surface area contributed by atoms with Crippen LogP contribution >= 0.6 is 0 Å². The van der Waals surface area contributed by atoms with E-state index in [1.807, 2.05) is 0 Å². The molecule has 0 aromatic heterocycles. The topological polar surface area (TPSA) is 145 Å². The van der Waals surface area contributed by atoms with Crippen molar-refractivity contribution in [1.82, 2.24) is 16.0 Å². The maximum atomic E-state index is 12.9. The predicted octanol–water partition coefficient (Wildman–Crippen LogP) is 0.978. The molecule has 0 aliphatic carbocycles. The zero-order valence-corrected chi connectivity index (χ0v) is 17.7. The van der Waals surface area contributed by atoms with E-state index in [2.05, 4.69) is 16.0 Å². The number of carbonyl (C=O) groups excluding carboxylic acids is 3. The third-order valence-electron chi connectivity index (χ3n) is 4.48. The van der Waals surface area contributed by atoms with Crippen LogP contribution in [0.4, 0.5) is 4.39 Å². The Kier molecular flexibility index (Phi) is 9.10. The molecule has 2 aromatic carbocycles. The minimum Gasteiger partial charge on any atom is -0.508 e. The molecule has 0 spiro atoms. The van der Waals surface area contributed by atoms with Crippen molar-refractivity contribution < 1.29 is 33.8 Å². The summed E-state index contributed by atoms with van der Waals surface area (Å²) in [6.07, 6.45) is 2.62. The van der Waals surface area contributed by atoms with E-state index >= 15 is 0 Å². The second-order valence-corrected chi connectivity index (χ2v) is 7.16. The summed E-state index contributed by atoms with van der Waals surface area (Å²) in [6, 6.07) is 9.16. The van der Waals surface area contributed by atoms with E-state index in [1.54, 1.807) is 0 Å². The fourth-order valence-electron chi connectivity index (χ4n) is 2.71. The van der Waals surface area contributed by atoms with Gasteiger partial charge in [0.1, 0.15) is 23.7 Å². The largest absolute Gasteiger partial charge is 0.508 e. The van der Waals surface area contributed by atoms with Crippen molar-refractivity contribution in [1.29, 1.82) is 0 Å². The van der Waals surface area contributed by atoms with Crippen molar-refractivity contribution in [3.05, 3.63) is 71.6 Å². The van der Waals surface area contributed by atoms with Gasteiger partial charge in [-0.25, -0.2) is 9.18 Å². The van der Waals surface area contributed by atoms with Gasteiger partial charge in [-0.2, -0.15) is 0 Å². The van der Waals surface area contributed by atoms with Crippen LogP contribution in [0.1, 0.15) is 18.1 Å². The Labute approximate surface area is 189 Å². The molecule has 2 aromatic rings. The number of rotatable bonds is 10. The Bertz CT molecular complexity index is 1020. The third kappa shape index (κ3) is 8.82. The first-order valence-corrected chi connectivity index (χ1v) is 9.96. The van der Waals surface area contributed by atoms with Gasteiger partial charge < -0.3 is 26.2 Å². The van der Waals surface area contributed by atoms with Gasteiger partial charge in [0.05, 0.1) is 6.54 Å². The summed E-state index contributed by atoms with van der Waals surface area (Å²) in [5.74, 6) is -3.54. The molecule has 10 heteroatoms. The Hall–Kier alpha value is -4.21. The van der Waals surface area contributed by atoms with E-state index in [0.29, 0.717) is 11.1 Å². The van der Waals surface area contributed by atoms with Crippen LogP contribution in [0.3, 0.4) is 0 Å². The molecule has 0 saturated heterocycles. The summed E-state index contributed by atoms with van der Waals surface area (Å²) >= 11 is 0.